The first-order chi connectivity index (χ1) is 17.6. The number of benzene rings is 2. The molecule has 3 unspecified atom stereocenters. The highest BCUT2D eigenvalue weighted by atomic mass is 32.2. The van der Waals surface area contributed by atoms with E-state index in [0.29, 0.717) is 22.4 Å². The minimum Gasteiger partial charge on any atom is -0.457 e. The summed E-state index contributed by atoms with van der Waals surface area (Å²) in [6, 6.07) is 8.54. The van der Waals surface area contributed by atoms with Crippen LogP contribution in [0.2, 0.25) is 0 Å². The Morgan fingerprint density at radius 2 is 2.03 bits per heavy atom. The Bertz CT molecular complexity index is 1500. The third-order valence-electron chi connectivity index (χ3n) is 7.13. The summed E-state index contributed by atoms with van der Waals surface area (Å²) in [5, 5.41) is 10.3. The first-order valence-corrected chi connectivity index (χ1v) is 14.1. The molecule has 3 heterocycles. The molecule has 2 aromatic rings. The average molecular weight is 543 g/mol. The van der Waals surface area contributed by atoms with Crippen molar-refractivity contribution in [3.05, 3.63) is 59.2 Å². The third kappa shape index (κ3) is 3.79. The van der Waals surface area contributed by atoms with E-state index in [1.807, 2.05) is 6.07 Å². The number of hydrogen-bond acceptors (Lipinski definition) is 8. The number of fused-ring (bicyclic) bond motifs is 1. The lowest BCUT2D eigenvalue weighted by Gasteiger charge is -2.44. The molecule has 5 rings (SSSR count). The molecule has 3 aliphatic heterocycles. The molecule has 2 aromatic carbocycles. The van der Waals surface area contributed by atoms with E-state index < -0.39 is 33.2 Å². The average Bonchev–Trinajstić information content (AvgIpc) is 3.30. The van der Waals surface area contributed by atoms with Gasteiger partial charge in [-0.25, -0.2) is 13.2 Å². The maximum atomic E-state index is 13.7. The number of esters is 1. The van der Waals surface area contributed by atoms with E-state index in [1.54, 1.807) is 31.2 Å². The van der Waals surface area contributed by atoms with Crippen LogP contribution in [0.3, 0.4) is 0 Å². The molecule has 0 aliphatic carbocycles. The lowest BCUT2D eigenvalue weighted by molar-refractivity contribution is -0.157. The molecular formula is C26H26N2O7S2. The van der Waals surface area contributed by atoms with E-state index in [1.165, 1.54) is 34.0 Å². The predicted octanol–water partition coefficient (Wildman–Crippen LogP) is 2.58. The minimum absolute atomic E-state index is 0.00755. The van der Waals surface area contributed by atoms with Gasteiger partial charge in [-0.05, 0) is 36.4 Å². The molecule has 0 radical (unpaired) electrons. The maximum absolute atomic E-state index is 13.7. The number of β-lactam (4-membered cyclic amide) rings is 1. The minimum atomic E-state index is -3.96. The normalized spacial score (nSPS) is 22.2. The number of nitrogens with zero attached hydrogens (tertiary/aromatic N) is 2. The Hall–Kier alpha value is -3.15. The van der Waals surface area contributed by atoms with E-state index in [-0.39, 0.29) is 42.0 Å². The number of carbonyl (C=O) groups excluding carboxylic acids is 3. The summed E-state index contributed by atoms with van der Waals surface area (Å²) in [4.78, 5) is 40.0. The number of ether oxygens (including phenoxy) is 1. The second-order valence-corrected chi connectivity index (χ2v) is 12.3. The Morgan fingerprint density at radius 1 is 1.27 bits per heavy atom. The fourth-order valence-electron chi connectivity index (χ4n) is 5.15. The summed E-state index contributed by atoms with van der Waals surface area (Å²) in [7, 11) is -3.96. The standard InChI is InChI=1S/C26H26N2O7S2/c1-4-12-35-26(32)23-19(36-25-21(14(2)15(3)30)24(31)28(23)25)13-27-18-7-5-6-17-16(10-11-29)8-9-20(22(17)18)37(27,33)34/h4-9,14,21,25,29H,1,10-13H2,2-3H3. The van der Waals surface area contributed by atoms with Crippen molar-refractivity contribution >= 4 is 55.9 Å². The molecule has 11 heteroatoms. The molecule has 0 spiro atoms. The zero-order chi connectivity index (χ0) is 26.6. The number of aliphatic hydroxyl groups is 1. The number of rotatable bonds is 9. The number of sulfonamides is 1. The lowest BCUT2D eigenvalue weighted by atomic mass is 9.83. The highest BCUT2D eigenvalue weighted by Gasteiger charge is 2.59. The van der Waals surface area contributed by atoms with E-state index in [0.717, 1.165) is 10.9 Å². The van der Waals surface area contributed by atoms with Gasteiger partial charge in [-0.1, -0.05) is 49.5 Å². The number of thioether (sulfide) groups is 1. The Kier molecular flexibility index (Phi) is 6.41. The zero-order valence-electron chi connectivity index (χ0n) is 20.3. The summed E-state index contributed by atoms with van der Waals surface area (Å²) in [5.41, 5.74) is 1.31. The molecule has 9 nitrogen and oxygen atoms in total. The van der Waals surface area contributed by atoms with Gasteiger partial charge in [-0.2, -0.15) is 0 Å². The topological polar surface area (TPSA) is 121 Å². The molecule has 0 bridgehead atoms. The van der Waals surface area contributed by atoms with E-state index in [2.05, 4.69) is 6.58 Å². The molecule has 1 amide bonds. The first kappa shape index (κ1) is 25.5. The highest BCUT2D eigenvalue weighted by molar-refractivity contribution is 8.04. The van der Waals surface area contributed by atoms with Gasteiger partial charge in [0.25, 0.3) is 10.0 Å². The van der Waals surface area contributed by atoms with Crippen molar-refractivity contribution in [3.63, 3.8) is 0 Å². The molecule has 3 aliphatic rings. The summed E-state index contributed by atoms with van der Waals surface area (Å²) >= 11 is 1.22. The molecule has 37 heavy (non-hydrogen) atoms. The summed E-state index contributed by atoms with van der Waals surface area (Å²) in [6.07, 6.45) is 1.79. The smallest absolute Gasteiger partial charge is 0.356 e. The van der Waals surface area contributed by atoms with Gasteiger partial charge in [0.2, 0.25) is 5.91 Å². The number of amides is 1. The SMILES string of the molecule is C=CCOC(=O)C1=C(CN2c3cccc4c(CCO)ccc(c34)S2(=O)=O)SC2C(C(C)C(C)=O)C(=O)N12. The van der Waals surface area contributed by atoms with Crippen LogP contribution in [0.5, 0.6) is 0 Å². The van der Waals surface area contributed by atoms with Crippen molar-refractivity contribution in [1.29, 1.82) is 0 Å². The van der Waals surface area contributed by atoms with Gasteiger partial charge in [0, 0.05) is 22.8 Å². The highest BCUT2D eigenvalue weighted by Crippen LogP contribution is 2.53. The van der Waals surface area contributed by atoms with Crippen molar-refractivity contribution in [2.45, 2.75) is 30.5 Å². The Balaban J connectivity index is 1.57. The van der Waals surface area contributed by atoms with Crippen LogP contribution in [0.4, 0.5) is 5.69 Å². The number of carbonyl (C=O) groups is 3. The van der Waals surface area contributed by atoms with Crippen LogP contribution in [0.15, 0.2) is 58.5 Å². The van der Waals surface area contributed by atoms with Crippen LogP contribution in [-0.2, 0) is 35.6 Å². The lowest BCUT2D eigenvalue weighted by Crippen LogP contribution is -2.60. The van der Waals surface area contributed by atoms with Gasteiger partial charge in [-0.3, -0.25) is 18.8 Å². The fourth-order valence-corrected chi connectivity index (χ4v) is 8.50. The third-order valence-corrected chi connectivity index (χ3v) is 10.3. The monoisotopic (exact) mass is 542 g/mol. The van der Waals surface area contributed by atoms with Gasteiger partial charge >= 0.3 is 5.97 Å². The van der Waals surface area contributed by atoms with Crippen LogP contribution in [-0.4, -0.2) is 61.2 Å². The Labute approximate surface area is 218 Å². The molecular weight excluding hydrogens is 516 g/mol. The number of hydrogen-bond donors (Lipinski definition) is 1. The van der Waals surface area contributed by atoms with Crippen molar-refractivity contribution in [2.24, 2.45) is 11.8 Å². The van der Waals surface area contributed by atoms with E-state index in [9.17, 15) is 27.9 Å². The van der Waals surface area contributed by atoms with Crippen LogP contribution in [0.1, 0.15) is 19.4 Å². The molecule has 1 saturated heterocycles. The number of ketones is 1. The van der Waals surface area contributed by atoms with Gasteiger partial charge < -0.3 is 9.84 Å². The zero-order valence-corrected chi connectivity index (χ0v) is 22.0. The van der Waals surface area contributed by atoms with E-state index in [4.69, 9.17) is 4.74 Å². The molecule has 3 atom stereocenters. The number of Topliss-reactive ketones (excluding diaryl/α,β-unsaturated/α-hetero) is 1. The molecule has 0 saturated carbocycles. The van der Waals surface area contributed by atoms with Crippen molar-refractivity contribution in [1.82, 2.24) is 4.90 Å². The van der Waals surface area contributed by atoms with Crippen molar-refractivity contribution in [2.75, 3.05) is 24.1 Å². The summed E-state index contributed by atoms with van der Waals surface area (Å²) in [5.74, 6) is -2.39. The summed E-state index contributed by atoms with van der Waals surface area (Å²) in [6.45, 7) is 6.34. The predicted molar refractivity (Wildman–Crippen MR) is 139 cm³/mol. The van der Waals surface area contributed by atoms with Gasteiger partial charge in [-0.15, -0.1) is 0 Å². The molecule has 1 fully saturated rings. The first-order valence-electron chi connectivity index (χ1n) is 11.8. The van der Waals surface area contributed by atoms with Gasteiger partial charge in [0.1, 0.15) is 18.1 Å². The van der Waals surface area contributed by atoms with Crippen LogP contribution in [0, 0.1) is 11.8 Å². The molecule has 194 valence electrons. The number of anilines is 1. The fraction of sp³-hybridized carbons (Fsp3) is 0.346. The quantitative estimate of drug-likeness (QED) is 0.292. The van der Waals surface area contributed by atoms with Crippen LogP contribution in [0.25, 0.3) is 10.8 Å². The molecule has 0 aromatic heterocycles. The number of aliphatic hydroxyl groups excluding tert-OH is 1. The van der Waals surface area contributed by atoms with Crippen LogP contribution >= 0.6 is 11.8 Å². The Morgan fingerprint density at radius 3 is 2.70 bits per heavy atom. The van der Waals surface area contributed by atoms with Gasteiger partial charge in [0.15, 0.2) is 0 Å². The van der Waals surface area contributed by atoms with E-state index >= 15 is 0 Å². The second kappa shape index (κ2) is 9.30. The van der Waals surface area contributed by atoms with Crippen molar-refractivity contribution < 1.29 is 32.6 Å². The maximum Gasteiger partial charge on any atom is 0.356 e. The summed E-state index contributed by atoms with van der Waals surface area (Å²) < 4.78 is 33.8. The van der Waals surface area contributed by atoms with Crippen molar-refractivity contribution in [3.8, 4) is 0 Å². The van der Waals surface area contributed by atoms with Crippen LogP contribution < -0.4 is 4.31 Å². The van der Waals surface area contributed by atoms with Gasteiger partial charge in [0.05, 0.1) is 28.4 Å². The second-order valence-electron chi connectivity index (χ2n) is 9.21. The largest absolute Gasteiger partial charge is 0.457 e. The molecule has 1 N–H and O–H groups in total.